The van der Waals surface area contributed by atoms with Crippen LogP contribution in [0, 0.1) is 0 Å². The van der Waals surface area contributed by atoms with Gasteiger partial charge < -0.3 is 28.5 Å². The minimum Gasteiger partial charge on any atom is -0.493 e. The number of rotatable bonds is 6. The number of carboxylic acids is 1. The maximum Gasteiger partial charge on any atom is 0.338 e. The Hall–Kier alpha value is -4.86. The van der Waals surface area contributed by atoms with Gasteiger partial charge in [-0.25, -0.2) is 19.7 Å². The summed E-state index contributed by atoms with van der Waals surface area (Å²) in [6.07, 6.45) is 4.27. The van der Waals surface area contributed by atoms with Crippen LogP contribution in [0.5, 0.6) is 5.75 Å². The fourth-order valence-corrected chi connectivity index (χ4v) is 4.61. The zero-order valence-corrected chi connectivity index (χ0v) is 20.0. The van der Waals surface area contributed by atoms with Crippen LogP contribution in [0.15, 0.2) is 70.5 Å². The summed E-state index contributed by atoms with van der Waals surface area (Å²) < 4.78 is 17.5. The van der Waals surface area contributed by atoms with Crippen molar-refractivity contribution in [3.63, 3.8) is 0 Å². The van der Waals surface area contributed by atoms with Crippen LogP contribution < -0.4 is 9.64 Å². The molecule has 0 aliphatic carbocycles. The second kappa shape index (κ2) is 8.98. The average Bonchev–Trinajstić information content (AvgIpc) is 3.58. The number of aromatic nitrogens is 3. The van der Waals surface area contributed by atoms with Crippen LogP contribution in [0.4, 0.5) is 5.95 Å². The molecule has 1 fully saturated rings. The molecule has 1 N–H and O–H groups in total. The molecule has 4 heterocycles. The highest BCUT2D eigenvalue weighted by Gasteiger charge is 2.24. The summed E-state index contributed by atoms with van der Waals surface area (Å²) >= 11 is 0. The maximum absolute atomic E-state index is 11.0. The van der Waals surface area contributed by atoms with Gasteiger partial charge in [-0.05, 0) is 18.2 Å². The minimum absolute atomic E-state index is 0.0650. The van der Waals surface area contributed by atoms with E-state index < -0.39 is 5.97 Å². The van der Waals surface area contributed by atoms with Crippen molar-refractivity contribution in [2.24, 2.45) is 0 Å². The molecule has 10 nitrogen and oxygen atoms in total. The SMILES string of the molecule is C=C(c1coc(-c2ccc(OC)c3oc4ccccc4c23)n1)N1CCN(c2ncc(C(=O)O)cn2)CC1. The lowest BCUT2D eigenvalue weighted by Crippen LogP contribution is -2.46. The third kappa shape index (κ3) is 3.92. The number of furan rings is 1. The molecule has 6 rings (SSSR count). The monoisotopic (exact) mass is 497 g/mol. The van der Waals surface area contributed by atoms with Gasteiger partial charge >= 0.3 is 5.97 Å². The van der Waals surface area contributed by atoms with Crippen LogP contribution in [0.25, 0.3) is 39.1 Å². The highest BCUT2D eigenvalue weighted by atomic mass is 16.5. The van der Waals surface area contributed by atoms with E-state index in [1.807, 2.05) is 41.3 Å². The predicted molar refractivity (Wildman–Crippen MR) is 138 cm³/mol. The van der Waals surface area contributed by atoms with Crippen molar-refractivity contribution < 1.29 is 23.5 Å². The van der Waals surface area contributed by atoms with E-state index in [4.69, 9.17) is 23.7 Å². The Morgan fingerprint density at radius 2 is 1.84 bits per heavy atom. The number of benzene rings is 2. The lowest BCUT2D eigenvalue weighted by molar-refractivity contribution is 0.0696. The minimum atomic E-state index is -1.05. The van der Waals surface area contributed by atoms with Crippen LogP contribution in [-0.4, -0.2) is 64.2 Å². The summed E-state index contributed by atoms with van der Waals surface area (Å²) in [5.74, 6) is 0.581. The Morgan fingerprint density at radius 1 is 1.08 bits per heavy atom. The van der Waals surface area contributed by atoms with Gasteiger partial charge in [-0.2, -0.15) is 0 Å². The third-order valence-electron chi connectivity index (χ3n) is 6.57. The van der Waals surface area contributed by atoms with Gasteiger partial charge in [0.1, 0.15) is 17.5 Å². The number of oxazole rings is 1. The number of carboxylic acid groups (broad SMARTS) is 1. The Labute approximate surface area is 211 Å². The van der Waals surface area contributed by atoms with Gasteiger partial charge in [-0.3, -0.25) is 0 Å². The van der Waals surface area contributed by atoms with E-state index in [0.29, 0.717) is 55.0 Å². The molecule has 0 radical (unpaired) electrons. The highest BCUT2D eigenvalue weighted by molar-refractivity contribution is 6.13. The average molecular weight is 498 g/mol. The Bertz CT molecular complexity index is 1630. The predicted octanol–water partition coefficient (Wildman–Crippen LogP) is 4.53. The number of aromatic carboxylic acids is 1. The molecule has 0 amide bonds. The number of para-hydroxylation sites is 1. The summed E-state index contributed by atoms with van der Waals surface area (Å²) in [6.45, 7) is 6.96. The van der Waals surface area contributed by atoms with Gasteiger partial charge in [0.15, 0.2) is 11.3 Å². The van der Waals surface area contributed by atoms with E-state index >= 15 is 0 Å². The number of piperazine rings is 1. The van der Waals surface area contributed by atoms with E-state index in [1.54, 1.807) is 13.4 Å². The van der Waals surface area contributed by atoms with Crippen molar-refractivity contribution in [1.82, 2.24) is 19.9 Å². The summed E-state index contributed by atoms with van der Waals surface area (Å²) in [6, 6.07) is 11.6. The molecule has 10 heteroatoms. The topological polar surface area (TPSA) is 118 Å². The molecular weight excluding hydrogens is 474 g/mol. The lowest BCUT2D eigenvalue weighted by atomic mass is 10.1. The third-order valence-corrected chi connectivity index (χ3v) is 6.57. The smallest absolute Gasteiger partial charge is 0.338 e. The Kier molecular flexibility index (Phi) is 5.48. The standard InChI is InChI=1S/C27H23N5O5/c1-16(31-9-11-32(12-10-31)27-28-13-17(14-29-27)26(33)34)20-15-36-25(30-20)19-7-8-22(35-2)24-23(19)18-5-3-4-6-21(18)37-24/h3-8,13-15H,1,9-12H2,2H3,(H,33,34). The number of hydrogen-bond donors (Lipinski definition) is 1. The van der Waals surface area contributed by atoms with Crippen molar-refractivity contribution in [2.45, 2.75) is 0 Å². The first-order valence-corrected chi connectivity index (χ1v) is 11.7. The zero-order valence-electron chi connectivity index (χ0n) is 20.0. The van der Waals surface area contributed by atoms with Crippen molar-refractivity contribution >= 4 is 39.6 Å². The first-order chi connectivity index (χ1) is 18.0. The van der Waals surface area contributed by atoms with Crippen molar-refractivity contribution in [3.8, 4) is 17.2 Å². The number of anilines is 1. The van der Waals surface area contributed by atoms with Crippen LogP contribution in [-0.2, 0) is 0 Å². The van der Waals surface area contributed by atoms with E-state index in [-0.39, 0.29) is 5.56 Å². The van der Waals surface area contributed by atoms with Crippen molar-refractivity contribution in [1.29, 1.82) is 0 Å². The molecule has 0 spiro atoms. The number of hydrogen-bond acceptors (Lipinski definition) is 9. The first kappa shape index (κ1) is 22.6. The maximum atomic E-state index is 11.0. The molecule has 37 heavy (non-hydrogen) atoms. The van der Waals surface area contributed by atoms with Gasteiger partial charge in [0, 0.05) is 54.9 Å². The van der Waals surface area contributed by atoms with Crippen LogP contribution in [0.1, 0.15) is 16.1 Å². The van der Waals surface area contributed by atoms with Crippen LogP contribution in [0.3, 0.4) is 0 Å². The van der Waals surface area contributed by atoms with E-state index in [1.165, 1.54) is 12.4 Å². The molecule has 5 aromatic rings. The molecular formula is C27H23N5O5. The van der Waals surface area contributed by atoms with Crippen LogP contribution >= 0.6 is 0 Å². The number of ether oxygens (including phenoxy) is 1. The molecule has 1 aliphatic heterocycles. The number of methoxy groups -OCH3 is 1. The van der Waals surface area contributed by atoms with E-state index in [9.17, 15) is 4.79 Å². The Balaban J connectivity index is 1.22. The number of carbonyl (C=O) groups is 1. The summed E-state index contributed by atoms with van der Waals surface area (Å²) in [7, 11) is 1.62. The van der Waals surface area contributed by atoms with Gasteiger partial charge in [0.05, 0.1) is 18.4 Å². The second-order valence-corrected chi connectivity index (χ2v) is 8.65. The molecule has 1 aliphatic rings. The summed E-state index contributed by atoms with van der Waals surface area (Å²) in [4.78, 5) is 28.3. The van der Waals surface area contributed by atoms with Gasteiger partial charge in [0.2, 0.25) is 11.8 Å². The highest BCUT2D eigenvalue weighted by Crippen LogP contribution is 2.41. The van der Waals surface area contributed by atoms with Gasteiger partial charge in [0.25, 0.3) is 0 Å². The van der Waals surface area contributed by atoms with Crippen LogP contribution in [0.2, 0.25) is 0 Å². The molecule has 2 aromatic carbocycles. The quantitative estimate of drug-likeness (QED) is 0.358. The van der Waals surface area contributed by atoms with Crippen molar-refractivity contribution in [2.75, 3.05) is 38.2 Å². The fraction of sp³-hybridized carbons (Fsp3) is 0.185. The second-order valence-electron chi connectivity index (χ2n) is 8.65. The Morgan fingerprint density at radius 3 is 2.57 bits per heavy atom. The lowest BCUT2D eigenvalue weighted by Gasteiger charge is -2.36. The summed E-state index contributed by atoms with van der Waals surface area (Å²) in [5.41, 5.74) is 3.70. The molecule has 0 atom stereocenters. The number of fused-ring (bicyclic) bond motifs is 3. The van der Waals surface area contributed by atoms with Crippen molar-refractivity contribution in [3.05, 3.63) is 72.9 Å². The van der Waals surface area contributed by atoms with E-state index in [0.717, 1.165) is 27.6 Å². The number of nitrogens with zero attached hydrogens (tertiary/aromatic N) is 5. The first-order valence-electron chi connectivity index (χ1n) is 11.7. The zero-order chi connectivity index (χ0) is 25.5. The normalized spacial score (nSPS) is 13.9. The summed E-state index contributed by atoms with van der Waals surface area (Å²) in [5, 5.41) is 10.9. The van der Waals surface area contributed by atoms with Gasteiger partial charge in [-0.1, -0.05) is 24.8 Å². The largest absolute Gasteiger partial charge is 0.493 e. The molecule has 0 saturated carbocycles. The molecule has 186 valence electrons. The fourth-order valence-electron chi connectivity index (χ4n) is 4.61. The molecule has 3 aromatic heterocycles. The van der Waals surface area contributed by atoms with E-state index in [2.05, 4.69) is 21.4 Å². The molecule has 0 bridgehead atoms. The van der Waals surface area contributed by atoms with Gasteiger partial charge in [-0.15, -0.1) is 0 Å². The molecule has 1 saturated heterocycles. The molecule has 0 unspecified atom stereocenters.